The van der Waals surface area contributed by atoms with E-state index >= 15 is 0 Å². The van der Waals surface area contributed by atoms with E-state index in [2.05, 4.69) is 4.90 Å². The number of aryl methyl sites for hydroxylation is 1. The number of pyridine rings is 1. The van der Waals surface area contributed by atoms with Gasteiger partial charge < -0.3 is 18.9 Å². The molecule has 0 atom stereocenters. The fourth-order valence-electron chi connectivity index (χ4n) is 2.88. The van der Waals surface area contributed by atoms with Crippen LogP contribution in [0.25, 0.3) is 11.1 Å². The molecule has 1 aromatic heterocycles. The van der Waals surface area contributed by atoms with E-state index in [0.29, 0.717) is 5.56 Å². The van der Waals surface area contributed by atoms with E-state index in [1.807, 2.05) is 60.0 Å². The van der Waals surface area contributed by atoms with E-state index in [4.69, 9.17) is 9.47 Å². The van der Waals surface area contributed by atoms with Crippen molar-refractivity contribution in [1.29, 1.82) is 0 Å². The summed E-state index contributed by atoms with van der Waals surface area (Å²) in [5, 5.41) is 0. The smallest absolute Gasteiger partial charge is 0.253 e. The number of methoxy groups -OCH3 is 2. The molecule has 0 spiro atoms. The lowest BCUT2D eigenvalue weighted by molar-refractivity contribution is 0.349. The molecule has 1 heterocycles. The van der Waals surface area contributed by atoms with Gasteiger partial charge in [0.05, 0.1) is 19.8 Å². The molecule has 0 N–H and O–H groups in total. The van der Waals surface area contributed by atoms with E-state index in [9.17, 15) is 4.79 Å². The highest BCUT2D eigenvalue weighted by Gasteiger charge is 2.16. The first-order chi connectivity index (χ1) is 12.3. The average molecular weight is 360 g/mol. The third-order valence-corrected chi connectivity index (χ3v) is 4.29. The Morgan fingerprint density at radius 2 is 1.50 bits per heavy atom. The van der Waals surface area contributed by atoms with Crippen LogP contribution in [-0.4, -0.2) is 37.8 Å². The van der Waals surface area contributed by atoms with Gasteiger partial charge in [0.2, 0.25) is 0 Å². The molecule has 0 amide bonds. The molecular formula is C21H32N2O3. The second-order valence-electron chi connectivity index (χ2n) is 6.29. The molecule has 0 aliphatic rings. The molecule has 0 bridgehead atoms. The van der Waals surface area contributed by atoms with Crippen molar-refractivity contribution in [2.75, 3.05) is 28.3 Å². The molecule has 0 aliphatic carbocycles. The van der Waals surface area contributed by atoms with Crippen LogP contribution in [-0.2, 0) is 13.6 Å². The average Bonchev–Trinajstić information content (AvgIpc) is 2.64. The molecule has 0 unspecified atom stereocenters. The summed E-state index contributed by atoms with van der Waals surface area (Å²) in [7, 11) is 9.14. The van der Waals surface area contributed by atoms with Gasteiger partial charge in [-0.2, -0.15) is 0 Å². The van der Waals surface area contributed by atoms with Gasteiger partial charge in [-0.3, -0.25) is 4.79 Å². The molecule has 0 radical (unpaired) electrons. The van der Waals surface area contributed by atoms with Crippen molar-refractivity contribution in [1.82, 2.24) is 9.47 Å². The lowest BCUT2D eigenvalue weighted by Gasteiger charge is -2.19. The molecule has 2 rings (SSSR count). The van der Waals surface area contributed by atoms with Gasteiger partial charge in [-0.1, -0.05) is 13.8 Å². The molecule has 2 aromatic rings. The first-order valence-electron chi connectivity index (χ1n) is 8.87. The molecule has 0 saturated carbocycles. The van der Waals surface area contributed by atoms with Gasteiger partial charge in [-0.15, -0.1) is 0 Å². The quantitative estimate of drug-likeness (QED) is 0.814. The van der Waals surface area contributed by atoms with Crippen molar-refractivity contribution in [3.8, 4) is 22.6 Å². The van der Waals surface area contributed by atoms with Crippen LogP contribution in [0.3, 0.4) is 0 Å². The fraction of sp³-hybridized carbons (Fsp3) is 0.476. The maximum absolute atomic E-state index is 12.1. The van der Waals surface area contributed by atoms with Crippen LogP contribution >= 0.6 is 0 Å². The molecule has 5 nitrogen and oxygen atoms in total. The second-order valence-corrected chi connectivity index (χ2v) is 6.29. The minimum Gasteiger partial charge on any atom is -0.496 e. The minimum atomic E-state index is 0.0272. The van der Waals surface area contributed by atoms with Crippen molar-refractivity contribution < 1.29 is 9.47 Å². The Kier molecular flexibility index (Phi) is 7.90. The van der Waals surface area contributed by atoms with Crippen molar-refractivity contribution in [2.24, 2.45) is 7.05 Å². The first kappa shape index (κ1) is 21.8. The summed E-state index contributed by atoms with van der Waals surface area (Å²) in [5.41, 5.74) is 4.64. The SMILES string of the molecule is CC.COc1cc(-c2cc(C)c(=O)n(C)c2C)cc(OC)c1CN(C)C. The predicted molar refractivity (Wildman–Crippen MR) is 108 cm³/mol. The summed E-state index contributed by atoms with van der Waals surface area (Å²) < 4.78 is 12.9. The Balaban J connectivity index is 0.00000163. The fourth-order valence-corrected chi connectivity index (χ4v) is 2.88. The zero-order valence-electron chi connectivity index (χ0n) is 17.6. The summed E-state index contributed by atoms with van der Waals surface area (Å²) in [6.45, 7) is 8.50. The highest BCUT2D eigenvalue weighted by molar-refractivity contribution is 5.71. The van der Waals surface area contributed by atoms with Crippen LogP contribution in [0.4, 0.5) is 0 Å². The Morgan fingerprint density at radius 3 is 1.92 bits per heavy atom. The second kappa shape index (κ2) is 9.43. The Bertz CT molecular complexity index is 783. The highest BCUT2D eigenvalue weighted by Crippen LogP contribution is 2.36. The summed E-state index contributed by atoms with van der Waals surface area (Å²) in [6, 6.07) is 5.94. The van der Waals surface area contributed by atoms with E-state index in [-0.39, 0.29) is 5.56 Å². The monoisotopic (exact) mass is 360 g/mol. The van der Waals surface area contributed by atoms with E-state index in [0.717, 1.165) is 40.4 Å². The lowest BCUT2D eigenvalue weighted by Crippen LogP contribution is -2.21. The number of aromatic nitrogens is 1. The normalized spacial score (nSPS) is 10.4. The molecule has 1 aromatic carbocycles. The number of hydrogen-bond donors (Lipinski definition) is 0. The van der Waals surface area contributed by atoms with Crippen LogP contribution in [0.1, 0.15) is 30.7 Å². The molecular weight excluding hydrogens is 328 g/mol. The summed E-state index contributed by atoms with van der Waals surface area (Å²) >= 11 is 0. The summed E-state index contributed by atoms with van der Waals surface area (Å²) in [4.78, 5) is 14.2. The van der Waals surface area contributed by atoms with Gasteiger partial charge in [0.1, 0.15) is 11.5 Å². The number of nitrogens with zero attached hydrogens (tertiary/aromatic N) is 2. The van der Waals surface area contributed by atoms with Crippen molar-refractivity contribution in [3.63, 3.8) is 0 Å². The van der Waals surface area contributed by atoms with Crippen LogP contribution in [0, 0.1) is 13.8 Å². The highest BCUT2D eigenvalue weighted by atomic mass is 16.5. The third-order valence-electron chi connectivity index (χ3n) is 4.29. The molecule has 0 fully saturated rings. The van der Waals surface area contributed by atoms with Crippen LogP contribution < -0.4 is 15.0 Å². The number of hydrogen-bond acceptors (Lipinski definition) is 4. The van der Waals surface area contributed by atoms with Crippen molar-refractivity contribution in [2.45, 2.75) is 34.2 Å². The van der Waals surface area contributed by atoms with Gasteiger partial charge >= 0.3 is 0 Å². The zero-order valence-corrected chi connectivity index (χ0v) is 17.6. The topological polar surface area (TPSA) is 43.7 Å². The molecule has 26 heavy (non-hydrogen) atoms. The van der Waals surface area contributed by atoms with Gasteiger partial charge in [-0.05, 0) is 51.7 Å². The Hall–Kier alpha value is -2.27. The van der Waals surface area contributed by atoms with Gasteiger partial charge in [0, 0.05) is 30.4 Å². The van der Waals surface area contributed by atoms with Gasteiger partial charge in [-0.25, -0.2) is 0 Å². The number of benzene rings is 1. The first-order valence-corrected chi connectivity index (χ1v) is 8.87. The summed E-state index contributed by atoms with van der Waals surface area (Å²) in [5.74, 6) is 1.56. The Morgan fingerprint density at radius 1 is 1.00 bits per heavy atom. The maximum Gasteiger partial charge on any atom is 0.253 e. The lowest BCUT2D eigenvalue weighted by atomic mass is 9.99. The van der Waals surface area contributed by atoms with Crippen molar-refractivity contribution in [3.05, 3.63) is 45.4 Å². The van der Waals surface area contributed by atoms with E-state index < -0.39 is 0 Å². The Labute approximate surface area is 157 Å². The zero-order chi connectivity index (χ0) is 20.0. The predicted octanol–water partition coefficient (Wildman–Crippen LogP) is 3.77. The van der Waals surface area contributed by atoms with Gasteiger partial charge in [0.25, 0.3) is 5.56 Å². The third kappa shape index (κ3) is 4.47. The maximum atomic E-state index is 12.1. The molecule has 0 saturated heterocycles. The molecule has 5 heteroatoms. The standard InChI is InChI=1S/C19H26N2O3.C2H6/c1-12-8-15(13(2)21(5)19(12)22)14-9-17(23-6)16(11-20(3)4)18(10-14)24-7;1-2/h8-10H,11H2,1-7H3;1-2H3. The van der Waals surface area contributed by atoms with Crippen LogP contribution in [0.15, 0.2) is 23.0 Å². The van der Waals surface area contributed by atoms with Crippen molar-refractivity contribution >= 4 is 0 Å². The summed E-state index contributed by atoms with van der Waals surface area (Å²) in [6.07, 6.45) is 0. The van der Waals surface area contributed by atoms with E-state index in [1.54, 1.807) is 25.8 Å². The van der Waals surface area contributed by atoms with Crippen LogP contribution in [0.2, 0.25) is 0 Å². The molecule has 0 aliphatic heterocycles. The van der Waals surface area contributed by atoms with Crippen LogP contribution in [0.5, 0.6) is 11.5 Å². The number of rotatable bonds is 5. The number of ether oxygens (including phenoxy) is 2. The van der Waals surface area contributed by atoms with E-state index in [1.165, 1.54) is 0 Å². The minimum absolute atomic E-state index is 0.0272. The molecule has 144 valence electrons. The van der Waals surface area contributed by atoms with Gasteiger partial charge in [0.15, 0.2) is 0 Å². The largest absolute Gasteiger partial charge is 0.496 e.